The lowest BCUT2D eigenvalue weighted by molar-refractivity contribution is -0.385. The van der Waals surface area contributed by atoms with Gasteiger partial charge >= 0.3 is 0 Å². The number of non-ortho nitro benzene ring substituents is 1. The molecule has 4 aromatic rings. The number of fused-ring (bicyclic) bond motifs is 2. The third kappa shape index (κ3) is 5.90. The summed E-state index contributed by atoms with van der Waals surface area (Å²) in [6.45, 7) is 6.56. The van der Waals surface area contributed by atoms with Crippen molar-refractivity contribution in [1.29, 1.82) is 0 Å². The molecule has 11 nitrogen and oxygen atoms in total. The Labute approximate surface area is 303 Å². The number of methoxy groups -OCH3 is 1. The van der Waals surface area contributed by atoms with Gasteiger partial charge in [0, 0.05) is 43.1 Å². The normalized spacial score (nSPS) is 22.9. The summed E-state index contributed by atoms with van der Waals surface area (Å²) in [6, 6.07) is 29.7. The van der Waals surface area contributed by atoms with Crippen molar-refractivity contribution in [2.75, 3.05) is 23.6 Å². The maximum Gasteiger partial charge on any atom is 0.269 e. The van der Waals surface area contributed by atoms with Gasteiger partial charge < -0.3 is 19.5 Å². The Balaban J connectivity index is 1.23. The number of carbonyl (C=O) groups is 2. The lowest BCUT2D eigenvalue weighted by atomic mass is 9.82. The van der Waals surface area contributed by atoms with Crippen molar-refractivity contribution in [2.24, 2.45) is 11.0 Å². The van der Waals surface area contributed by atoms with E-state index in [4.69, 9.17) is 9.47 Å². The van der Waals surface area contributed by atoms with Crippen LogP contribution >= 0.6 is 0 Å². The van der Waals surface area contributed by atoms with E-state index in [1.54, 1.807) is 18.1 Å². The number of hydrogen-bond donors (Lipinski definition) is 1. The molecule has 0 radical (unpaired) electrons. The molecule has 0 bridgehead atoms. The van der Waals surface area contributed by atoms with Crippen LogP contribution in [0.3, 0.4) is 0 Å². The average Bonchev–Trinajstić information content (AvgIpc) is 3.58. The van der Waals surface area contributed by atoms with Gasteiger partial charge in [-0.3, -0.25) is 19.7 Å². The number of nitrogens with zero attached hydrogens (tertiary/aromatic N) is 4. The number of amides is 2. The molecule has 268 valence electrons. The molecular weight excluding hydrogens is 677 g/mol. The number of hydrazone groups is 1. The molecule has 3 heterocycles. The maximum absolute atomic E-state index is 14.9. The van der Waals surface area contributed by atoms with Gasteiger partial charge in [0.15, 0.2) is 5.60 Å². The standard InChI is InChI=1S/C40H42N4O7Si/c1-26-38(52(3,4)32-17-15-31(50-2)16-18-32)36(22-23-45)51-40(26)33-24-30(44(48)49)14-20-35(33)42(39(40)47)25-27-10-12-29(13-11-27)43-37(46)21-19-34(41-43)28-8-6-5-7-9-28/h5-18,20,24,26,36,38,45H,19,21-23,25H2,1-4H3/t26-,36+,38-,40+/m0/s1. The molecule has 1 spiro atoms. The first-order chi connectivity index (χ1) is 25.0. The predicted molar refractivity (Wildman–Crippen MR) is 202 cm³/mol. The molecule has 3 aliphatic heterocycles. The number of rotatable bonds is 10. The van der Waals surface area contributed by atoms with Gasteiger partial charge in [-0.1, -0.05) is 79.8 Å². The second kappa shape index (κ2) is 13.8. The van der Waals surface area contributed by atoms with Gasteiger partial charge in [-0.25, -0.2) is 5.01 Å². The third-order valence-corrected chi connectivity index (χ3v) is 15.5. The van der Waals surface area contributed by atoms with E-state index in [9.17, 15) is 24.8 Å². The van der Waals surface area contributed by atoms with Crippen LogP contribution in [0.1, 0.15) is 42.9 Å². The van der Waals surface area contributed by atoms with Crippen LogP contribution < -0.4 is 19.8 Å². The van der Waals surface area contributed by atoms with E-state index in [0.29, 0.717) is 36.2 Å². The monoisotopic (exact) mass is 718 g/mol. The highest BCUT2D eigenvalue weighted by Gasteiger charge is 2.66. The van der Waals surface area contributed by atoms with Crippen LogP contribution in [0, 0.1) is 16.0 Å². The van der Waals surface area contributed by atoms with Gasteiger partial charge in [-0.05, 0) is 53.4 Å². The fraction of sp³-hybridized carbons (Fsp3) is 0.325. The van der Waals surface area contributed by atoms with Crippen LogP contribution in [0.25, 0.3) is 0 Å². The van der Waals surface area contributed by atoms with Gasteiger partial charge in [0.1, 0.15) is 5.75 Å². The van der Waals surface area contributed by atoms with Crippen molar-refractivity contribution in [1.82, 2.24) is 0 Å². The van der Waals surface area contributed by atoms with Crippen LogP contribution in [-0.2, 0) is 26.5 Å². The molecule has 3 aliphatic rings. The predicted octanol–water partition coefficient (Wildman–Crippen LogP) is 6.28. The van der Waals surface area contributed by atoms with E-state index >= 15 is 0 Å². The highest BCUT2D eigenvalue weighted by atomic mass is 28.3. The van der Waals surface area contributed by atoms with Gasteiger partial charge in [0.25, 0.3) is 11.6 Å². The molecule has 0 unspecified atom stereocenters. The minimum absolute atomic E-state index is 0.0971. The summed E-state index contributed by atoms with van der Waals surface area (Å²) in [5.41, 5.74) is 2.56. The molecule has 1 saturated heterocycles. The zero-order valence-electron chi connectivity index (χ0n) is 29.7. The summed E-state index contributed by atoms with van der Waals surface area (Å²) in [4.78, 5) is 41.1. The maximum atomic E-state index is 14.9. The van der Waals surface area contributed by atoms with Gasteiger partial charge in [-0.2, -0.15) is 5.10 Å². The van der Waals surface area contributed by atoms with Crippen molar-refractivity contribution in [3.63, 3.8) is 0 Å². The molecule has 0 aliphatic carbocycles. The van der Waals surface area contributed by atoms with Crippen molar-refractivity contribution in [3.05, 3.63) is 124 Å². The number of nitro groups is 1. The third-order valence-electron chi connectivity index (χ3n) is 11.1. The zero-order valence-corrected chi connectivity index (χ0v) is 30.7. The van der Waals surface area contributed by atoms with Crippen LogP contribution in [0.2, 0.25) is 18.6 Å². The van der Waals surface area contributed by atoms with Crippen LogP contribution in [0.4, 0.5) is 17.1 Å². The Morgan fingerprint density at radius 2 is 1.71 bits per heavy atom. The van der Waals surface area contributed by atoms with Crippen molar-refractivity contribution in [2.45, 2.75) is 63.1 Å². The number of carbonyl (C=O) groups excluding carboxylic acids is 2. The summed E-state index contributed by atoms with van der Waals surface area (Å²) in [7, 11) is -0.791. The summed E-state index contributed by atoms with van der Waals surface area (Å²) >= 11 is 0. The zero-order chi connectivity index (χ0) is 36.8. The van der Waals surface area contributed by atoms with E-state index < -0.39 is 24.7 Å². The molecule has 52 heavy (non-hydrogen) atoms. The first kappa shape index (κ1) is 35.2. The number of aliphatic hydroxyl groups is 1. The van der Waals surface area contributed by atoms with E-state index in [0.717, 1.165) is 27.8 Å². The number of hydrogen-bond acceptors (Lipinski definition) is 8. The SMILES string of the molecule is COc1ccc([Si](C)(C)[C@@H]2[C@@H](CCO)O[C@]3(C(=O)N(Cc4ccc(N5N=C(c6ccccc6)CCC5=O)cc4)c4ccc([N+](=O)[O-])cc43)[C@H]2C)cc1. The second-order valence-corrected chi connectivity index (χ2v) is 19.0. The topological polar surface area (TPSA) is 135 Å². The highest BCUT2D eigenvalue weighted by Crippen LogP contribution is 2.60. The van der Waals surface area contributed by atoms with Gasteiger partial charge in [0.2, 0.25) is 5.91 Å². The van der Waals surface area contributed by atoms with E-state index in [2.05, 4.69) is 30.3 Å². The van der Waals surface area contributed by atoms with Crippen molar-refractivity contribution in [3.8, 4) is 5.75 Å². The van der Waals surface area contributed by atoms with Gasteiger partial charge in [0.05, 0.1) is 49.8 Å². The van der Waals surface area contributed by atoms with Gasteiger partial charge in [-0.15, -0.1) is 0 Å². The Hall–Kier alpha value is -5.17. The Kier molecular flexibility index (Phi) is 9.32. The lowest BCUT2D eigenvalue weighted by Crippen LogP contribution is -2.51. The molecule has 2 amide bonds. The summed E-state index contributed by atoms with van der Waals surface area (Å²) in [6.07, 6.45) is 0.778. The minimum Gasteiger partial charge on any atom is -0.497 e. The fourth-order valence-electron chi connectivity index (χ4n) is 8.49. The molecule has 7 rings (SSSR count). The van der Waals surface area contributed by atoms with Crippen LogP contribution in [0.5, 0.6) is 5.75 Å². The first-order valence-electron chi connectivity index (χ1n) is 17.6. The Morgan fingerprint density at radius 1 is 1.00 bits per heavy atom. The molecule has 1 N–H and O–H groups in total. The van der Waals surface area contributed by atoms with E-state index in [1.807, 2.05) is 73.7 Å². The number of benzene rings is 4. The molecule has 4 atom stereocenters. The highest BCUT2D eigenvalue weighted by molar-refractivity contribution is 6.91. The largest absolute Gasteiger partial charge is 0.497 e. The summed E-state index contributed by atoms with van der Waals surface area (Å²) in [5, 5.41) is 29.5. The average molecular weight is 719 g/mol. The Bertz CT molecular complexity index is 2040. The fourth-order valence-corrected chi connectivity index (χ4v) is 12.5. The van der Waals surface area contributed by atoms with E-state index in [1.165, 1.54) is 17.1 Å². The first-order valence-corrected chi connectivity index (χ1v) is 20.7. The second-order valence-electron chi connectivity index (χ2n) is 14.3. The quantitative estimate of drug-likeness (QED) is 0.116. The van der Waals surface area contributed by atoms with Crippen molar-refractivity contribution < 1.29 is 29.1 Å². The lowest BCUT2D eigenvalue weighted by Gasteiger charge is -2.37. The summed E-state index contributed by atoms with van der Waals surface area (Å²) in [5.74, 6) is -0.00102. The Morgan fingerprint density at radius 3 is 2.37 bits per heavy atom. The van der Waals surface area contributed by atoms with E-state index in [-0.39, 0.29) is 42.1 Å². The molecular formula is C40H42N4O7Si. The number of ether oxygens (including phenoxy) is 2. The molecule has 0 aromatic heterocycles. The summed E-state index contributed by atoms with van der Waals surface area (Å²) < 4.78 is 12.3. The van der Waals surface area contributed by atoms with Crippen LogP contribution in [0.15, 0.2) is 102 Å². The molecule has 0 saturated carbocycles. The number of aliphatic hydroxyl groups excluding tert-OH is 1. The number of nitro benzene ring substituents is 1. The van der Waals surface area contributed by atoms with Crippen molar-refractivity contribution >= 4 is 47.8 Å². The number of anilines is 2. The molecule has 1 fully saturated rings. The van der Waals surface area contributed by atoms with Crippen LogP contribution in [-0.4, -0.2) is 55.5 Å². The minimum atomic E-state index is -2.42. The molecule has 12 heteroatoms. The smallest absolute Gasteiger partial charge is 0.269 e. The molecule has 4 aromatic carbocycles.